The number of nitrogens with zero attached hydrogens (tertiary/aromatic N) is 1. The molecule has 0 aliphatic carbocycles. The van der Waals surface area contributed by atoms with Gasteiger partial charge in [0, 0.05) is 5.56 Å². The lowest BCUT2D eigenvalue weighted by atomic mass is 10.2. The zero-order valence-electron chi connectivity index (χ0n) is 8.56. The van der Waals surface area contributed by atoms with Crippen LogP contribution in [0.1, 0.15) is 24.2 Å². The van der Waals surface area contributed by atoms with E-state index in [2.05, 4.69) is 17.2 Å². The maximum atomic E-state index is 11.3. The number of thiocarbonyl (C=S) groups is 1. The molecular formula is C11H11NO2S. The molecule has 0 aromatic heterocycles. The Morgan fingerprint density at radius 1 is 1.53 bits per heavy atom. The molecule has 0 spiro atoms. The Kier molecular flexibility index (Phi) is 4.16. The number of hydrogen-bond donors (Lipinski definition) is 0. The summed E-state index contributed by atoms with van der Waals surface area (Å²) < 4.78 is 5.44. The van der Waals surface area contributed by atoms with Crippen LogP contribution in [-0.2, 0) is 0 Å². The van der Waals surface area contributed by atoms with Crippen molar-refractivity contribution in [2.24, 2.45) is 4.99 Å². The number of aliphatic imine (C=N–C) groups is 1. The molecule has 0 atom stereocenters. The van der Waals surface area contributed by atoms with Crippen molar-refractivity contribution in [3.05, 3.63) is 29.8 Å². The van der Waals surface area contributed by atoms with Crippen LogP contribution in [0.2, 0.25) is 0 Å². The van der Waals surface area contributed by atoms with Crippen molar-refractivity contribution in [3.8, 4) is 5.75 Å². The van der Waals surface area contributed by atoms with Crippen molar-refractivity contribution in [3.63, 3.8) is 0 Å². The third kappa shape index (κ3) is 3.62. The van der Waals surface area contributed by atoms with Gasteiger partial charge in [-0.2, -0.15) is 4.99 Å². The van der Waals surface area contributed by atoms with E-state index < -0.39 is 5.91 Å². The lowest BCUT2D eigenvalue weighted by molar-refractivity contribution is 0.100. The molecular weight excluding hydrogens is 210 g/mol. The highest BCUT2D eigenvalue weighted by atomic mass is 32.1. The summed E-state index contributed by atoms with van der Waals surface area (Å²) in [6.07, 6.45) is 0.0735. The van der Waals surface area contributed by atoms with Gasteiger partial charge in [-0.05, 0) is 44.3 Å². The molecule has 1 amide bonds. The summed E-state index contributed by atoms with van der Waals surface area (Å²) in [5.74, 6) is 0.245. The van der Waals surface area contributed by atoms with Crippen LogP contribution >= 0.6 is 12.2 Å². The van der Waals surface area contributed by atoms with E-state index in [0.717, 1.165) is 0 Å². The van der Waals surface area contributed by atoms with E-state index in [1.807, 2.05) is 19.0 Å². The Bertz CT molecular complexity index is 409. The van der Waals surface area contributed by atoms with Gasteiger partial charge in [0.15, 0.2) is 0 Å². The fourth-order valence-electron chi connectivity index (χ4n) is 1.08. The Labute approximate surface area is 93.8 Å². The zero-order chi connectivity index (χ0) is 11.3. The van der Waals surface area contributed by atoms with Gasteiger partial charge in [-0.1, -0.05) is 6.07 Å². The SMILES string of the molecule is CC(C)Oc1cccc(C(=O)N=C=S)c1. The first-order valence-corrected chi connectivity index (χ1v) is 4.93. The van der Waals surface area contributed by atoms with E-state index in [9.17, 15) is 4.79 Å². The number of amides is 1. The molecule has 0 bridgehead atoms. The average molecular weight is 221 g/mol. The number of ether oxygens (including phenoxy) is 1. The molecule has 0 fully saturated rings. The van der Waals surface area contributed by atoms with Crippen LogP contribution in [0.5, 0.6) is 5.75 Å². The van der Waals surface area contributed by atoms with E-state index in [1.54, 1.807) is 24.3 Å². The minimum Gasteiger partial charge on any atom is -0.491 e. The first-order valence-electron chi connectivity index (χ1n) is 4.52. The molecule has 0 unspecified atom stereocenters. The van der Waals surface area contributed by atoms with Crippen LogP contribution in [0.15, 0.2) is 29.3 Å². The molecule has 1 aromatic rings. The number of isothiocyanates is 1. The van der Waals surface area contributed by atoms with Gasteiger partial charge in [0.2, 0.25) is 0 Å². The molecule has 4 heteroatoms. The summed E-state index contributed by atoms with van der Waals surface area (Å²) in [5, 5.41) is 2.04. The zero-order valence-corrected chi connectivity index (χ0v) is 9.38. The van der Waals surface area contributed by atoms with Crippen molar-refractivity contribution in [1.29, 1.82) is 0 Å². The summed E-state index contributed by atoms with van der Waals surface area (Å²) in [4.78, 5) is 14.7. The number of hydrogen-bond acceptors (Lipinski definition) is 3. The van der Waals surface area contributed by atoms with Gasteiger partial charge in [-0.3, -0.25) is 4.79 Å². The van der Waals surface area contributed by atoms with Crippen molar-refractivity contribution in [1.82, 2.24) is 0 Å². The van der Waals surface area contributed by atoms with Gasteiger partial charge in [0.1, 0.15) is 5.75 Å². The van der Waals surface area contributed by atoms with Crippen molar-refractivity contribution in [2.75, 3.05) is 0 Å². The monoisotopic (exact) mass is 221 g/mol. The average Bonchev–Trinajstić information content (AvgIpc) is 2.17. The minimum atomic E-state index is -0.404. The number of carbonyl (C=O) groups excluding carboxylic acids is 1. The third-order valence-corrected chi connectivity index (χ3v) is 1.69. The fraction of sp³-hybridized carbons (Fsp3) is 0.273. The summed E-state index contributed by atoms with van der Waals surface area (Å²) in [7, 11) is 0. The molecule has 1 aromatic carbocycles. The highest BCUT2D eigenvalue weighted by molar-refractivity contribution is 7.78. The van der Waals surface area contributed by atoms with Crippen LogP contribution in [0.4, 0.5) is 0 Å². The molecule has 0 aliphatic rings. The van der Waals surface area contributed by atoms with Crippen LogP contribution in [0.3, 0.4) is 0 Å². The second kappa shape index (κ2) is 5.39. The van der Waals surface area contributed by atoms with Crippen LogP contribution < -0.4 is 4.74 Å². The lowest BCUT2D eigenvalue weighted by Crippen LogP contribution is -2.06. The number of carbonyl (C=O) groups is 1. The summed E-state index contributed by atoms with van der Waals surface area (Å²) in [6.45, 7) is 3.84. The van der Waals surface area contributed by atoms with Gasteiger partial charge in [-0.15, -0.1) is 0 Å². The molecule has 78 valence electrons. The topological polar surface area (TPSA) is 38.7 Å². The maximum Gasteiger partial charge on any atom is 0.285 e. The predicted molar refractivity (Wildman–Crippen MR) is 61.6 cm³/mol. The predicted octanol–water partition coefficient (Wildman–Crippen LogP) is 2.72. The Hall–Kier alpha value is -1.51. The van der Waals surface area contributed by atoms with Gasteiger partial charge in [-0.25, -0.2) is 0 Å². The molecule has 0 aliphatic heterocycles. The molecule has 15 heavy (non-hydrogen) atoms. The van der Waals surface area contributed by atoms with Gasteiger partial charge >= 0.3 is 0 Å². The van der Waals surface area contributed by atoms with E-state index in [-0.39, 0.29) is 6.10 Å². The first kappa shape index (κ1) is 11.6. The first-order chi connectivity index (χ1) is 7.13. The largest absolute Gasteiger partial charge is 0.491 e. The molecule has 3 nitrogen and oxygen atoms in total. The van der Waals surface area contributed by atoms with Crippen molar-refractivity contribution in [2.45, 2.75) is 20.0 Å². The molecule has 0 saturated carbocycles. The summed E-state index contributed by atoms with van der Waals surface area (Å²) in [6, 6.07) is 6.83. The smallest absolute Gasteiger partial charge is 0.285 e. The van der Waals surface area contributed by atoms with Crippen molar-refractivity contribution < 1.29 is 9.53 Å². The van der Waals surface area contributed by atoms with E-state index in [4.69, 9.17) is 4.74 Å². The number of benzene rings is 1. The van der Waals surface area contributed by atoms with Crippen LogP contribution in [-0.4, -0.2) is 17.2 Å². The van der Waals surface area contributed by atoms with Gasteiger partial charge in [0.25, 0.3) is 5.91 Å². The highest BCUT2D eigenvalue weighted by Gasteiger charge is 2.05. The van der Waals surface area contributed by atoms with Gasteiger partial charge < -0.3 is 4.74 Å². The van der Waals surface area contributed by atoms with Crippen LogP contribution in [0, 0.1) is 0 Å². The maximum absolute atomic E-state index is 11.3. The molecule has 0 heterocycles. The third-order valence-electron chi connectivity index (χ3n) is 1.60. The standard InChI is InChI=1S/C11H11NO2S/c1-8(2)14-10-5-3-4-9(6-10)11(13)12-7-15/h3-6,8H,1-2H3. The Morgan fingerprint density at radius 3 is 2.87 bits per heavy atom. The fourth-order valence-corrected chi connectivity index (χ4v) is 1.16. The Morgan fingerprint density at radius 2 is 2.27 bits per heavy atom. The summed E-state index contributed by atoms with van der Waals surface area (Å²) in [5.41, 5.74) is 0.450. The molecule has 1 rings (SSSR count). The van der Waals surface area contributed by atoms with E-state index in [0.29, 0.717) is 11.3 Å². The second-order valence-corrected chi connectivity index (χ2v) is 3.39. The van der Waals surface area contributed by atoms with E-state index in [1.165, 1.54) is 0 Å². The molecule has 0 N–H and O–H groups in total. The van der Waals surface area contributed by atoms with Gasteiger partial charge in [0.05, 0.1) is 11.3 Å². The molecule has 0 radical (unpaired) electrons. The normalized spacial score (nSPS) is 9.53. The Balaban J connectivity index is 2.92. The highest BCUT2D eigenvalue weighted by Crippen LogP contribution is 2.15. The quantitative estimate of drug-likeness (QED) is 0.582. The van der Waals surface area contributed by atoms with Crippen LogP contribution in [0.25, 0.3) is 0 Å². The second-order valence-electron chi connectivity index (χ2n) is 3.20. The summed E-state index contributed by atoms with van der Waals surface area (Å²) >= 11 is 4.36. The minimum absolute atomic E-state index is 0.0735. The number of rotatable bonds is 3. The molecule has 0 saturated heterocycles. The van der Waals surface area contributed by atoms with Crippen molar-refractivity contribution >= 4 is 23.3 Å². The lowest BCUT2D eigenvalue weighted by Gasteiger charge is -2.09. The van der Waals surface area contributed by atoms with E-state index >= 15 is 0 Å².